The number of aromatic nitrogens is 4. The Morgan fingerprint density at radius 2 is 1.94 bits per heavy atom. The average molecular weight is 459 g/mol. The molecule has 0 bridgehead atoms. The molecule has 0 radical (unpaired) electrons. The molecule has 1 fully saturated rings. The van der Waals surface area contributed by atoms with E-state index < -0.39 is 0 Å². The fourth-order valence-electron chi connectivity index (χ4n) is 5.32. The number of amides is 1. The lowest BCUT2D eigenvalue weighted by atomic mass is 9.99. The molecular weight excluding hydrogens is 432 g/mol. The third kappa shape index (κ3) is 3.86. The van der Waals surface area contributed by atoms with Crippen LogP contribution in [-0.4, -0.2) is 74.6 Å². The minimum atomic E-state index is -0.222. The highest BCUT2D eigenvalue weighted by Crippen LogP contribution is 2.35. The molecule has 174 valence electrons. The number of hydrogen-bond donors (Lipinski definition) is 0. The van der Waals surface area contributed by atoms with Crippen molar-refractivity contribution in [3.05, 3.63) is 70.5 Å². The van der Waals surface area contributed by atoms with Gasteiger partial charge in [-0.05, 0) is 64.6 Å². The van der Waals surface area contributed by atoms with Crippen molar-refractivity contribution in [3.63, 3.8) is 0 Å². The maximum Gasteiger partial charge on any atom is 0.338 e. The smallest absolute Gasteiger partial charge is 0.338 e. The van der Waals surface area contributed by atoms with Gasteiger partial charge < -0.3 is 9.64 Å². The number of piperazine rings is 1. The number of ether oxygens (including phenoxy) is 1. The normalized spacial score (nSPS) is 19.7. The molecule has 0 saturated carbocycles. The fraction of sp³-hybridized carbons (Fsp3) is 0.400. The Bertz CT molecular complexity index is 1230. The average Bonchev–Trinajstić information content (AvgIpc) is 3.63. The van der Waals surface area contributed by atoms with Crippen molar-refractivity contribution < 1.29 is 14.3 Å². The summed E-state index contributed by atoms with van der Waals surface area (Å²) < 4.78 is 6.74. The summed E-state index contributed by atoms with van der Waals surface area (Å²) in [4.78, 5) is 29.4. The minimum Gasteiger partial charge on any atom is -0.457 e. The van der Waals surface area contributed by atoms with Gasteiger partial charge in [-0.25, -0.2) is 9.48 Å². The van der Waals surface area contributed by atoms with Crippen LogP contribution < -0.4 is 0 Å². The van der Waals surface area contributed by atoms with Crippen LogP contribution in [0.25, 0.3) is 5.69 Å². The molecule has 2 aliphatic heterocycles. The largest absolute Gasteiger partial charge is 0.457 e. The molecule has 1 saturated heterocycles. The molecule has 9 nitrogen and oxygen atoms in total. The zero-order chi connectivity index (χ0) is 23.1. The van der Waals surface area contributed by atoms with Crippen LogP contribution in [0.15, 0.2) is 42.7 Å². The number of benzene rings is 2. The van der Waals surface area contributed by atoms with E-state index in [4.69, 9.17) is 4.74 Å². The van der Waals surface area contributed by atoms with Crippen LogP contribution in [0.4, 0.5) is 0 Å². The number of rotatable bonds is 5. The first kappa shape index (κ1) is 21.0. The molecule has 0 spiro atoms. The van der Waals surface area contributed by atoms with Crippen molar-refractivity contribution in [1.29, 1.82) is 0 Å². The van der Waals surface area contributed by atoms with E-state index in [-0.39, 0.29) is 17.8 Å². The van der Waals surface area contributed by atoms with E-state index in [0.29, 0.717) is 12.2 Å². The number of aryl methyl sites for hydroxylation is 1. The summed E-state index contributed by atoms with van der Waals surface area (Å²) in [5.41, 5.74) is 6.18. The third-order valence-corrected chi connectivity index (χ3v) is 7.26. The molecule has 1 aliphatic carbocycles. The summed E-state index contributed by atoms with van der Waals surface area (Å²) in [5, 5.41) is 11.4. The quantitative estimate of drug-likeness (QED) is 0.538. The maximum absolute atomic E-state index is 13.3. The highest BCUT2D eigenvalue weighted by Gasteiger charge is 2.33. The fourth-order valence-corrected chi connectivity index (χ4v) is 5.32. The van der Waals surface area contributed by atoms with Gasteiger partial charge in [-0.3, -0.25) is 9.69 Å². The second-order valence-electron chi connectivity index (χ2n) is 9.21. The molecule has 6 rings (SSSR count). The Labute approximate surface area is 197 Å². The van der Waals surface area contributed by atoms with Crippen molar-refractivity contribution >= 4 is 11.9 Å². The molecule has 3 aromatic rings. The van der Waals surface area contributed by atoms with E-state index in [1.165, 1.54) is 11.1 Å². The van der Waals surface area contributed by atoms with Crippen LogP contribution in [0.2, 0.25) is 0 Å². The lowest BCUT2D eigenvalue weighted by Crippen LogP contribution is -2.50. The molecule has 3 heterocycles. The number of hydrogen-bond acceptors (Lipinski definition) is 7. The SMILES string of the molecule is O=C1OCc2cc(CCN3CCN(C(=O)C4CCc5cc(-n6cnnn6)ccc54)CC3)ccc21. The summed E-state index contributed by atoms with van der Waals surface area (Å²) in [5.74, 6) is -0.0298. The summed E-state index contributed by atoms with van der Waals surface area (Å²) in [7, 11) is 0. The highest BCUT2D eigenvalue weighted by atomic mass is 16.5. The number of esters is 1. The van der Waals surface area contributed by atoms with Gasteiger partial charge in [0.25, 0.3) is 0 Å². The predicted octanol–water partition coefficient (Wildman–Crippen LogP) is 1.75. The summed E-state index contributed by atoms with van der Waals surface area (Å²) in [6.45, 7) is 4.62. The standard InChI is InChI=1S/C25H26N6O3/c32-24(23-5-2-18-14-20(3-6-21(18)23)31-16-26-27-28-31)30-11-9-29(10-12-30)8-7-17-1-4-22-19(13-17)15-34-25(22)33/h1,3-4,6,13-14,16,23H,2,5,7-12,15H2. The lowest BCUT2D eigenvalue weighted by molar-refractivity contribution is -0.134. The number of cyclic esters (lactones) is 1. The van der Waals surface area contributed by atoms with Gasteiger partial charge in [-0.1, -0.05) is 18.2 Å². The van der Waals surface area contributed by atoms with Crippen LogP contribution in [0.1, 0.15) is 45.0 Å². The van der Waals surface area contributed by atoms with E-state index in [1.54, 1.807) is 11.0 Å². The number of tetrazole rings is 1. The van der Waals surface area contributed by atoms with Gasteiger partial charge in [0.05, 0.1) is 17.2 Å². The Balaban J connectivity index is 1.03. The van der Waals surface area contributed by atoms with Crippen LogP contribution in [0, 0.1) is 0 Å². The van der Waals surface area contributed by atoms with E-state index in [2.05, 4.69) is 38.6 Å². The first-order valence-corrected chi connectivity index (χ1v) is 11.8. The second kappa shape index (κ2) is 8.64. The highest BCUT2D eigenvalue weighted by molar-refractivity contribution is 5.93. The molecule has 1 amide bonds. The number of fused-ring (bicyclic) bond motifs is 2. The van der Waals surface area contributed by atoms with E-state index >= 15 is 0 Å². The molecule has 34 heavy (non-hydrogen) atoms. The topological polar surface area (TPSA) is 93.5 Å². The number of nitrogens with zero attached hydrogens (tertiary/aromatic N) is 6. The van der Waals surface area contributed by atoms with Gasteiger partial charge in [0.1, 0.15) is 12.9 Å². The van der Waals surface area contributed by atoms with Gasteiger partial charge >= 0.3 is 5.97 Å². The first-order valence-electron chi connectivity index (χ1n) is 11.8. The van der Waals surface area contributed by atoms with Crippen LogP contribution in [-0.2, 0) is 29.0 Å². The number of carbonyl (C=O) groups is 2. The lowest BCUT2D eigenvalue weighted by Gasteiger charge is -2.36. The third-order valence-electron chi connectivity index (χ3n) is 7.26. The van der Waals surface area contributed by atoms with E-state index in [9.17, 15) is 9.59 Å². The van der Waals surface area contributed by atoms with Gasteiger partial charge in [0.2, 0.25) is 5.91 Å². The van der Waals surface area contributed by atoms with Crippen molar-refractivity contribution in [2.45, 2.75) is 31.8 Å². The molecule has 0 N–H and O–H groups in total. The molecule has 1 unspecified atom stereocenters. The Hall–Kier alpha value is -3.59. The first-order chi connectivity index (χ1) is 16.7. The van der Waals surface area contributed by atoms with E-state index in [1.807, 2.05) is 23.1 Å². The van der Waals surface area contributed by atoms with E-state index in [0.717, 1.165) is 68.8 Å². The van der Waals surface area contributed by atoms with Crippen molar-refractivity contribution in [3.8, 4) is 5.69 Å². The van der Waals surface area contributed by atoms with Crippen LogP contribution in [0.5, 0.6) is 0 Å². The molecule has 2 aromatic carbocycles. The Kier molecular flexibility index (Phi) is 5.33. The Morgan fingerprint density at radius 3 is 2.76 bits per heavy atom. The zero-order valence-corrected chi connectivity index (χ0v) is 18.9. The van der Waals surface area contributed by atoms with Gasteiger partial charge in [0.15, 0.2) is 0 Å². The van der Waals surface area contributed by atoms with Crippen LogP contribution >= 0.6 is 0 Å². The van der Waals surface area contributed by atoms with Crippen molar-refractivity contribution in [2.24, 2.45) is 0 Å². The monoisotopic (exact) mass is 458 g/mol. The van der Waals surface area contributed by atoms with Gasteiger partial charge in [0, 0.05) is 38.3 Å². The minimum absolute atomic E-state index is 0.0548. The van der Waals surface area contributed by atoms with Crippen molar-refractivity contribution in [1.82, 2.24) is 30.0 Å². The zero-order valence-electron chi connectivity index (χ0n) is 18.9. The van der Waals surface area contributed by atoms with Crippen LogP contribution in [0.3, 0.4) is 0 Å². The van der Waals surface area contributed by atoms with Crippen molar-refractivity contribution in [2.75, 3.05) is 32.7 Å². The van der Waals surface area contributed by atoms with Gasteiger partial charge in [-0.15, -0.1) is 5.10 Å². The second-order valence-corrected chi connectivity index (χ2v) is 9.21. The summed E-state index contributed by atoms with van der Waals surface area (Å²) >= 11 is 0. The molecule has 9 heteroatoms. The molecule has 1 aromatic heterocycles. The molecular formula is C25H26N6O3. The summed E-state index contributed by atoms with van der Waals surface area (Å²) in [6, 6.07) is 12.1. The molecule has 3 aliphatic rings. The molecule has 1 atom stereocenters. The maximum atomic E-state index is 13.3. The van der Waals surface area contributed by atoms with Gasteiger partial charge in [-0.2, -0.15) is 0 Å². The number of carbonyl (C=O) groups excluding carboxylic acids is 2. The predicted molar refractivity (Wildman–Crippen MR) is 123 cm³/mol. The Morgan fingerprint density at radius 1 is 1.06 bits per heavy atom. The summed E-state index contributed by atoms with van der Waals surface area (Å²) in [6.07, 6.45) is 4.27.